The SMILES string of the molecule is CCOc1cc(/C=N\NC(=O)COc2ccc([N+](=O)[O-])cc2)ccc1OC(=O)c1ccc(Cl)cc1. The van der Waals surface area contributed by atoms with E-state index in [4.69, 9.17) is 25.8 Å². The number of esters is 1. The van der Waals surface area contributed by atoms with Gasteiger partial charge in [0.2, 0.25) is 0 Å². The van der Waals surface area contributed by atoms with Crippen molar-refractivity contribution in [2.45, 2.75) is 6.92 Å². The minimum atomic E-state index is -0.565. The van der Waals surface area contributed by atoms with Crippen molar-refractivity contribution >= 4 is 35.4 Å². The fourth-order valence-electron chi connectivity index (χ4n) is 2.73. The fourth-order valence-corrected chi connectivity index (χ4v) is 2.85. The Morgan fingerprint density at radius 2 is 1.74 bits per heavy atom. The monoisotopic (exact) mass is 497 g/mol. The molecule has 0 unspecified atom stereocenters. The maximum atomic E-state index is 12.4. The highest BCUT2D eigenvalue weighted by molar-refractivity contribution is 6.30. The van der Waals surface area contributed by atoms with E-state index in [0.717, 1.165) is 0 Å². The van der Waals surface area contributed by atoms with Gasteiger partial charge in [0, 0.05) is 17.2 Å². The average molecular weight is 498 g/mol. The fraction of sp³-hybridized carbons (Fsp3) is 0.125. The second-order valence-electron chi connectivity index (χ2n) is 6.87. The van der Waals surface area contributed by atoms with E-state index < -0.39 is 16.8 Å². The Kier molecular flexibility index (Phi) is 8.74. The first-order chi connectivity index (χ1) is 16.9. The third-order valence-electron chi connectivity index (χ3n) is 4.37. The van der Waals surface area contributed by atoms with E-state index in [0.29, 0.717) is 34.3 Å². The zero-order valence-corrected chi connectivity index (χ0v) is 19.2. The summed E-state index contributed by atoms with van der Waals surface area (Å²) in [5.74, 6) is -0.238. The van der Waals surface area contributed by atoms with Crippen molar-refractivity contribution in [3.63, 3.8) is 0 Å². The number of hydrazone groups is 1. The number of nitrogens with zero attached hydrogens (tertiary/aromatic N) is 2. The largest absolute Gasteiger partial charge is 0.490 e. The summed E-state index contributed by atoms with van der Waals surface area (Å²) in [6, 6.07) is 16.4. The van der Waals surface area contributed by atoms with Crippen LogP contribution in [0.4, 0.5) is 5.69 Å². The lowest BCUT2D eigenvalue weighted by Gasteiger charge is -2.11. The molecule has 180 valence electrons. The minimum Gasteiger partial charge on any atom is -0.490 e. The second kappa shape index (κ2) is 12.1. The summed E-state index contributed by atoms with van der Waals surface area (Å²) in [4.78, 5) is 34.4. The zero-order valence-electron chi connectivity index (χ0n) is 18.5. The van der Waals surface area contributed by atoms with E-state index in [9.17, 15) is 19.7 Å². The maximum Gasteiger partial charge on any atom is 0.343 e. The normalized spacial score (nSPS) is 10.6. The summed E-state index contributed by atoms with van der Waals surface area (Å²) < 4.78 is 16.3. The smallest absolute Gasteiger partial charge is 0.343 e. The van der Waals surface area contributed by atoms with Crippen LogP contribution in [-0.4, -0.2) is 36.2 Å². The number of carbonyl (C=O) groups excluding carboxylic acids is 2. The molecule has 0 aliphatic rings. The van der Waals surface area contributed by atoms with Crippen molar-refractivity contribution in [1.82, 2.24) is 5.43 Å². The molecule has 0 atom stereocenters. The van der Waals surface area contributed by atoms with Crippen LogP contribution in [0.2, 0.25) is 5.02 Å². The highest BCUT2D eigenvalue weighted by Gasteiger charge is 2.13. The van der Waals surface area contributed by atoms with E-state index in [-0.39, 0.29) is 18.0 Å². The van der Waals surface area contributed by atoms with Crippen LogP contribution in [-0.2, 0) is 4.79 Å². The highest BCUT2D eigenvalue weighted by Crippen LogP contribution is 2.29. The molecule has 0 spiro atoms. The number of non-ortho nitro benzene ring substituents is 1. The number of amides is 1. The van der Waals surface area contributed by atoms with Crippen LogP contribution in [0.15, 0.2) is 71.8 Å². The summed E-state index contributed by atoms with van der Waals surface area (Å²) in [7, 11) is 0. The van der Waals surface area contributed by atoms with Gasteiger partial charge in [-0.25, -0.2) is 10.2 Å². The molecule has 3 rings (SSSR count). The number of hydrogen-bond donors (Lipinski definition) is 1. The van der Waals surface area contributed by atoms with Crippen molar-refractivity contribution in [3.05, 3.63) is 93.0 Å². The number of halogens is 1. The Morgan fingerprint density at radius 1 is 1.03 bits per heavy atom. The van der Waals surface area contributed by atoms with E-state index in [1.165, 1.54) is 30.5 Å². The van der Waals surface area contributed by atoms with Gasteiger partial charge in [-0.15, -0.1) is 0 Å². The third kappa shape index (κ3) is 7.54. The van der Waals surface area contributed by atoms with Gasteiger partial charge in [0.15, 0.2) is 18.1 Å². The van der Waals surface area contributed by atoms with Crippen LogP contribution in [0.3, 0.4) is 0 Å². The van der Waals surface area contributed by atoms with E-state index in [1.54, 1.807) is 49.4 Å². The molecular weight excluding hydrogens is 478 g/mol. The Bertz CT molecular complexity index is 1230. The van der Waals surface area contributed by atoms with Crippen LogP contribution >= 0.6 is 11.6 Å². The van der Waals surface area contributed by atoms with Crippen LogP contribution in [0.1, 0.15) is 22.8 Å². The number of rotatable bonds is 10. The number of nitro benzene ring substituents is 1. The van der Waals surface area contributed by atoms with Crippen molar-refractivity contribution in [2.24, 2.45) is 5.10 Å². The predicted octanol–water partition coefficient (Wildman–Crippen LogP) is 4.40. The van der Waals surface area contributed by atoms with E-state index in [1.807, 2.05) is 0 Å². The topological polar surface area (TPSA) is 129 Å². The van der Waals surface area contributed by atoms with Gasteiger partial charge < -0.3 is 14.2 Å². The van der Waals surface area contributed by atoms with Gasteiger partial charge in [-0.2, -0.15) is 5.10 Å². The van der Waals surface area contributed by atoms with Gasteiger partial charge in [-0.3, -0.25) is 14.9 Å². The number of benzene rings is 3. The molecular formula is C24H20ClN3O7. The molecule has 1 N–H and O–H groups in total. The number of hydrogen-bond acceptors (Lipinski definition) is 8. The lowest BCUT2D eigenvalue weighted by molar-refractivity contribution is -0.384. The molecule has 0 aromatic heterocycles. The molecule has 10 nitrogen and oxygen atoms in total. The zero-order chi connectivity index (χ0) is 25.2. The molecule has 0 aliphatic heterocycles. The van der Waals surface area contributed by atoms with Crippen LogP contribution in [0.5, 0.6) is 17.2 Å². The Labute approximate surface area is 205 Å². The molecule has 11 heteroatoms. The number of nitrogens with one attached hydrogen (secondary N) is 1. The summed E-state index contributed by atoms with van der Waals surface area (Å²) in [5.41, 5.74) is 3.15. The quantitative estimate of drug-likeness (QED) is 0.144. The first-order valence-corrected chi connectivity index (χ1v) is 10.7. The van der Waals surface area contributed by atoms with Gasteiger partial charge in [0.05, 0.1) is 23.3 Å². The molecule has 3 aromatic carbocycles. The van der Waals surface area contributed by atoms with Crippen molar-refractivity contribution in [1.29, 1.82) is 0 Å². The molecule has 0 saturated heterocycles. The lowest BCUT2D eigenvalue weighted by atomic mass is 10.2. The molecule has 0 radical (unpaired) electrons. The molecule has 0 aliphatic carbocycles. The standard InChI is InChI=1S/C24H20ClN3O7/c1-2-33-22-13-16(3-12-21(22)35-24(30)17-4-6-18(25)7-5-17)14-26-27-23(29)15-34-20-10-8-19(9-11-20)28(31)32/h3-14H,2,15H2,1H3,(H,27,29)/b26-14-. The second-order valence-corrected chi connectivity index (χ2v) is 7.30. The van der Waals surface area contributed by atoms with Gasteiger partial charge in [0.1, 0.15) is 5.75 Å². The molecule has 0 fully saturated rings. The number of nitro groups is 1. The van der Waals surface area contributed by atoms with Crippen molar-refractivity contribution in [2.75, 3.05) is 13.2 Å². The summed E-state index contributed by atoms with van der Waals surface area (Å²) in [6.07, 6.45) is 1.39. The van der Waals surface area contributed by atoms with Crippen LogP contribution < -0.4 is 19.6 Å². The van der Waals surface area contributed by atoms with Crippen molar-refractivity contribution < 1.29 is 28.7 Å². The summed E-state index contributed by atoms with van der Waals surface area (Å²) in [5, 5.41) is 15.0. The molecule has 35 heavy (non-hydrogen) atoms. The summed E-state index contributed by atoms with van der Waals surface area (Å²) in [6.45, 7) is 1.79. The van der Waals surface area contributed by atoms with Gasteiger partial charge in [-0.1, -0.05) is 11.6 Å². The average Bonchev–Trinajstić information content (AvgIpc) is 2.85. The summed E-state index contributed by atoms with van der Waals surface area (Å²) >= 11 is 5.84. The van der Waals surface area contributed by atoms with Gasteiger partial charge in [-0.05, 0) is 67.1 Å². The van der Waals surface area contributed by atoms with Crippen LogP contribution in [0, 0.1) is 10.1 Å². The Balaban J connectivity index is 1.56. The van der Waals surface area contributed by atoms with Gasteiger partial charge >= 0.3 is 5.97 Å². The van der Waals surface area contributed by atoms with E-state index >= 15 is 0 Å². The maximum absolute atomic E-state index is 12.4. The number of ether oxygens (including phenoxy) is 3. The Hall–Kier alpha value is -4.44. The molecule has 3 aromatic rings. The molecule has 0 heterocycles. The lowest BCUT2D eigenvalue weighted by Crippen LogP contribution is -2.24. The van der Waals surface area contributed by atoms with Crippen molar-refractivity contribution in [3.8, 4) is 17.2 Å². The molecule has 1 amide bonds. The van der Waals surface area contributed by atoms with E-state index in [2.05, 4.69) is 10.5 Å². The first-order valence-electron chi connectivity index (χ1n) is 10.3. The van der Waals surface area contributed by atoms with Gasteiger partial charge in [0.25, 0.3) is 11.6 Å². The minimum absolute atomic E-state index is 0.0800. The first kappa shape index (κ1) is 25.2. The highest BCUT2D eigenvalue weighted by atomic mass is 35.5. The number of carbonyl (C=O) groups is 2. The predicted molar refractivity (Wildman–Crippen MR) is 128 cm³/mol. The third-order valence-corrected chi connectivity index (χ3v) is 4.62. The molecule has 0 saturated carbocycles. The Morgan fingerprint density at radius 3 is 2.40 bits per heavy atom. The van der Waals surface area contributed by atoms with Crippen LogP contribution in [0.25, 0.3) is 0 Å². The molecule has 0 bridgehead atoms.